The van der Waals surface area contributed by atoms with Gasteiger partial charge in [0, 0.05) is 16.1 Å². The molecule has 4 N–H and O–H groups in total. The normalized spacial score (nSPS) is 14.4. The number of anilines is 1. The Bertz CT molecular complexity index is 982. The van der Waals surface area contributed by atoms with E-state index in [1.54, 1.807) is 6.07 Å². The van der Waals surface area contributed by atoms with Crippen LogP contribution in [0, 0.1) is 0 Å². The van der Waals surface area contributed by atoms with Gasteiger partial charge in [0.05, 0.1) is 18.5 Å². The minimum atomic E-state index is -0.667. The number of amides is 3. The van der Waals surface area contributed by atoms with E-state index < -0.39 is 12.1 Å². The topological polar surface area (TPSA) is 128 Å². The number of hydrogen-bond acceptors (Lipinski definition) is 6. The van der Waals surface area contributed by atoms with Gasteiger partial charge in [-0.2, -0.15) is 0 Å². The van der Waals surface area contributed by atoms with Gasteiger partial charge in [0.25, 0.3) is 0 Å². The Hall–Kier alpha value is -3.27. The van der Waals surface area contributed by atoms with E-state index in [9.17, 15) is 9.59 Å². The van der Waals surface area contributed by atoms with Gasteiger partial charge in [-0.15, -0.1) is 16.4 Å². The Morgan fingerprint density at radius 3 is 2.86 bits per heavy atom. The van der Waals surface area contributed by atoms with E-state index in [-0.39, 0.29) is 12.3 Å². The first kappa shape index (κ1) is 18.1. The van der Waals surface area contributed by atoms with Crippen LogP contribution in [0.5, 0.6) is 0 Å². The molecule has 2 heterocycles. The maximum absolute atomic E-state index is 12.5. The summed E-state index contributed by atoms with van der Waals surface area (Å²) in [7, 11) is 0. The van der Waals surface area contributed by atoms with Crippen LogP contribution in [0.4, 0.5) is 10.5 Å². The molecule has 3 amide bonds. The van der Waals surface area contributed by atoms with Crippen LogP contribution in [0.25, 0.3) is 11.4 Å². The Morgan fingerprint density at radius 2 is 2.14 bits per heavy atom. The number of rotatable bonds is 7. The molecule has 9 nitrogen and oxygen atoms in total. The maximum Gasteiger partial charge on any atom is 0.312 e. The van der Waals surface area contributed by atoms with Crippen LogP contribution in [0.2, 0.25) is 0 Å². The third kappa shape index (κ3) is 4.17. The molecule has 1 aliphatic carbocycles. The minimum absolute atomic E-state index is 0.0769. The molecule has 0 bridgehead atoms. The summed E-state index contributed by atoms with van der Waals surface area (Å²) in [5, 5.41) is 19.3. The first-order valence-electron chi connectivity index (χ1n) is 8.87. The fraction of sp³-hybridized carbons (Fsp3) is 0.278. The molecule has 1 saturated carbocycles. The van der Waals surface area contributed by atoms with Crippen LogP contribution in [0.3, 0.4) is 0 Å². The van der Waals surface area contributed by atoms with Crippen molar-refractivity contribution in [3.8, 4) is 11.4 Å². The molecule has 1 fully saturated rings. The molecular formula is C18H19N7O2S. The van der Waals surface area contributed by atoms with Gasteiger partial charge in [-0.3, -0.25) is 4.79 Å². The van der Waals surface area contributed by atoms with Gasteiger partial charge >= 0.3 is 6.03 Å². The van der Waals surface area contributed by atoms with Gasteiger partial charge in [0.2, 0.25) is 5.91 Å². The summed E-state index contributed by atoms with van der Waals surface area (Å²) in [6.45, 7) is 0. The molecule has 1 aliphatic rings. The van der Waals surface area contributed by atoms with E-state index in [0.29, 0.717) is 17.6 Å². The number of carbonyl (C=O) groups excluding carboxylic acids is 2. The fourth-order valence-electron chi connectivity index (χ4n) is 2.97. The lowest BCUT2D eigenvalue weighted by molar-refractivity contribution is -0.116. The van der Waals surface area contributed by atoms with E-state index >= 15 is 0 Å². The highest BCUT2D eigenvalue weighted by Crippen LogP contribution is 2.36. The molecule has 0 aliphatic heterocycles. The highest BCUT2D eigenvalue weighted by molar-refractivity contribution is 7.10. The number of tetrazole rings is 1. The minimum Gasteiger partial charge on any atom is -0.352 e. The molecule has 0 saturated heterocycles. The molecule has 1 atom stereocenters. The molecule has 4 rings (SSSR count). The zero-order valence-electron chi connectivity index (χ0n) is 14.9. The molecule has 144 valence electrons. The van der Waals surface area contributed by atoms with E-state index in [1.807, 2.05) is 40.4 Å². The summed E-state index contributed by atoms with van der Waals surface area (Å²) in [4.78, 5) is 24.7. The van der Waals surface area contributed by atoms with Crippen molar-refractivity contribution in [1.29, 1.82) is 0 Å². The van der Waals surface area contributed by atoms with E-state index in [2.05, 4.69) is 26.2 Å². The van der Waals surface area contributed by atoms with Gasteiger partial charge in [-0.05, 0) is 46.8 Å². The number of thiophene rings is 1. The number of aromatic nitrogens is 4. The highest BCUT2D eigenvalue weighted by Gasteiger charge is 2.28. The molecule has 3 aromatic rings. The second kappa shape index (κ2) is 7.77. The molecule has 2 aromatic heterocycles. The van der Waals surface area contributed by atoms with Crippen molar-refractivity contribution in [3.63, 3.8) is 0 Å². The van der Waals surface area contributed by atoms with Crippen LogP contribution >= 0.6 is 11.3 Å². The number of urea groups is 1. The van der Waals surface area contributed by atoms with E-state index in [0.717, 1.165) is 23.3 Å². The summed E-state index contributed by atoms with van der Waals surface area (Å²) in [6.07, 6.45) is 2.23. The number of hydrogen-bond donors (Lipinski definition) is 3. The zero-order valence-corrected chi connectivity index (χ0v) is 15.7. The number of primary amides is 1. The summed E-state index contributed by atoms with van der Waals surface area (Å²) in [5.41, 5.74) is 6.72. The van der Waals surface area contributed by atoms with Crippen LogP contribution in [0.15, 0.2) is 41.8 Å². The average molecular weight is 397 g/mol. The van der Waals surface area contributed by atoms with Crippen molar-refractivity contribution >= 4 is 29.0 Å². The second-order valence-electron chi connectivity index (χ2n) is 6.59. The van der Waals surface area contributed by atoms with Crippen molar-refractivity contribution in [1.82, 2.24) is 25.5 Å². The quantitative estimate of drug-likeness (QED) is 0.564. The maximum atomic E-state index is 12.5. The summed E-state index contributed by atoms with van der Waals surface area (Å²) >= 11 is 1.46. The fourth-order valence-corrected chi connectivity index (χ4v) is 3.74. The first-order chi connectivity index (χ1) is 13.6. The number of nitrogens with one attached hydrogen (secondary N) is 2. The predicted octanol–water partition coefficient (Wildman–Crippen LogP) is 2.47. The molecule has 0 radical (unpaired) electrons. The number of nitrogens with zero attached hydrogens (tertiary/aromatic N) is 4. The Kier molecular flexibility index (Phi) is 5.02. The first-order valence-corrected chi connectivity index (χ1v) is 9.75. The lowest BCUT2D eigenvalue weighted by atomic mass is 10.1. The van der Waals surface area contributed by atoms with Crippen molar-refractivity contribution in [2.75, 3.05) is 5.32 Å². The SMILES string of the molecule is NC(=O)NC(CC(=O)Nc1cccc(-c2nnnn2C2CC2)c1)c1cccs1. The Morgan fingerprint density at radius 1 is 1.29 bits per heavy atom. The van der Waals surface area contributed by atoms with Crippen molar-refractivity contribution in [2.45, 2.75) is 31.3 Å². The number of benzene rings is 1. The number of nitrogens with two attached hydrogens (primary N) is 1. The smallest absolute Gasteiger partial charge is 0.312 e. The standard InChI is InChI=1S/C18H19N7O2S/c19-18(27)21-14(15-5-2-8-28-15)10-16(26)20-12-4-1-3-11(9-12)17-22-23-24-25(17)13-6-7-13/h1-5,8-9,13-14H,6-7,10H2,(H,20,26)(H3,19,21,27). The van der Waals surface area contributed by atoms with Gasteiger partial charge < -0.3 is 16.4 Å². The van der Waals surface area contributed by atoms with Crippen LogP contribution in [-0.2, 0) is 4.79 Å². The Labute approximate surface area is 164 Å². The molecule has 1 aromatic carbocycles. The third-order valence-corrected chi connectivity index (χ3v) is 5.37. The largest absolute Gasteiger partial charge is 0.352 e. The second-order valence-corrected chi connectivity index (χ2v) is 7.57. The molecular weight excluding hydrogens is 378 g/mol. The third-order valence-electron chi connectivity index (χ3n) is 4.38. The van der Waals surface area contributed by atoms with Gasteiger partial charge in [-0.25, -0.2) is 9.48 Å². The van der Waals surface area contributed by atoms with Gasteiger partial charge in [0.15, 0.2) is 5.82 Å². The van der Waals surface area contributed by atoms with E-state index in [4.69, 9.17) is 5.73 Å². The lowest BCUT2D eigenvalue weighted by Crippen LogP contribution is -2.34. The number of carbonyl (C=O) groups is 2. The lowest BCUT2D eigenvalue weighted by Gasteiger charge is -2.16. The molecule has 10 heteroatoms. The van der Waals surface area contributed by atoms with Crippen LogP contribution in [0.1, 0.15) is 36.2 Å². The van der Waals surface area contributed by atoms with Crippen LogP contribution < -0.4 is 16.4 Å². The van der Waals surface area contributed by atoms with Crippen molar-refractivity contribution in [3.05, 3.63) is 46.7 Å². The van der Waals surface area contributed by atoms with Crippen molar-refractivity contribution < 1.29 is 9.59 Å². The Balaban J connectivity index is 1.47. The van der Waals surface area contributed by atoms with Crippen molar-refractivity contribution in [2.24, 2.45) is 5.73 Å². The van der Waals surface area contributed by atoms with Crippen LogP contribution in [-0.4, -0.2) is 32.1 Å². The molecule has 28 heavy (non-hydrogen) atoms. The predicted molar refractivity (Wildman–Crippen MR) is 105 cm³/mol. The zero-order chi connectivity index (χ0) is 19.5. The van der Waals surface area contributed by atoms with Gasteiger partial charge in [0.1, 0.15) is 0 Å². The molecule has 1 unspecified atom stereocenters. The van der Waals surface area contributed by atoms with Gasteiger partial charge in [-0.1, -0.05) is 18.2 Å². The summed E-state index contributed by atoms with van der Waals surface area (Å²) in [6, 6.07) is 10.3. The average Bonchev–Trinajstić information content (AvgIpc) is 3.17. The summed E-state index contributed by atoms with van der Waals surface area (Å²) in [5.74, 6) is 0.455. The highest BCUT2D eigenvalue weighted by atomic mass is 32.1. The monoisotopic (exact) mass is 397 g/mol. The van der Waals surface area contributed by atoms with E-state index in [1.165, 1.54) is 11.3 Å². The summed E-state index contributed by atoms with van der Waals surface area (Å²) < 4.78 is 1.82. The molecule has 0 spiro atoms.